The summed E-state index contributed by atoms with van der Waals surface area (Å²) in [5, 5.41) is 9.73. The molecule has 0 aliphatic carbocycles. The number of unbranched alkanes of at least 4 members (excludes halogenated alkanes) is 1. The predicted octanol–water partition coefficient (Wildman–Crippen LogP) is 4.23. The summed E-state index contributed by atoms with van der Waals surface area (Å²) in [5.41, 5.74) is 0. The maximum absolute atomic E-state index is 11.3. The van der Waals surface area contributed by atoms with Gasteiger partial charge in [0.25, 0.3) is 0 Å². The fraction of sp³-hybridized carbons (Fsp3) is 0.842. The summed E-state index contributed by atoms with van der Waals surface area (Å²) in [6, 6.07) is 0. The van der Waals surface area contributed by atoms with Gasteiger partial charge in [0.05, 0.1) is 12.2 Å². The van der Waals surface area contributed by atoms with E-state index in [0.29, 0.717) is 29.6 Å². The number of thioether (sulfide) groups is 2. The van der Waals surface area contributed by atoms with Crippen LogP contribution >= 0.6 is 23.5 Å². The molecule has 2 aliphatic rings. The maximum Gasteiger partial charge on any atom is 0.245 e. The Balaban J connectivity index is 1.61. The summed E-state index contributed by atoms with van der Waals surface area (Å²) in [6.07, 6.45) is 11.4. The molecular formula is C19H33NO3S2. The highest BCUT2D eigenvalue weighted by Gasteiger charge is 2.48. The average molecular weight is 388 g/mol. The van der Waals surface area contributed by atoms with Gasteiger partial charge in [-0.2, -0.15) is 23.5 Å². The van der Waals surface area contributed by atoms with Crippen molar-refractivity contribution in [1.29, 1.82) is 0 Å². The molecule has 1 N–H and O–H groups in total. The molecule has 144 valence electrons. The Labute approximate surface area is 161 Å². The van der Waals surface area contributed by atoms with E-state index in [4.69, 9.17) is 9.94 Å². The van der Waals surface area contributed by atoms with Gasteiger partial charge >= 0.3 is 0 Å². The number of carbonyl (C=O) groups excluding carboxylic acids is 1. The quantitative estimate of drug-likeness (QED) is 0.235. The second kappa shape index (κ2) is 11.5. The number of hydroxylamine groups is 2. The third-order valence-electron chi connectivity index (χ3n) is 5.17. The molecule has 0 saturated carbocycles. The van der Waals surface area contributed by atoms with Crippen LogP contribution in [0.4, 0.5) is 0 Å². The normalized spacial score (nSPS) is 28.1. The molecule has 2 rings (SSSR count). The van der Waals surface area contributed by atoms with Crippen molar-refractivity contribution in [2.24, 2.45) is 11.8 Å². The molecule has 0 aromatic rings. The predicted molar refractivity (Wildman–Crippen MR) is 107 cm³/mol. The summed E-state index contributed by atoms with van der Waals surface area (Å²) in [7, 11) is 1.39. The standard InChI is InChI=1S/C19H33NO3S2/c1-3-4-6-11-24-13-15-16(18-10-9-17(15)23-18)14-25-12-7-5-8-19(21)20(2)22/h3-4,15-18,22H,5-14H2,1-2H3/t15-,16+,17-,18+/m1/s1. The van der Waals surface area contributed by atoms with Crippen LogP contribution in [-0.2, 0) is 9.53 Å². The van der Waals surface area contributed by atoms with E-state index in [-0.39, 0.29) is 5.91 Å². The average Bonchev–Trinajstić information content (AvgIpc) is 3.19. The van der Waals surface area contributed by atoms with E-state index in [9.17, 15) is 4.79 Å². The van der Waals surface area contributed by atoms with Gasteiger partial charge in [-0.3, -0.25) is 10.0 Å². The zero-order chi connectivity index (χ0) is 18.1. The lowest BCUT2D eigenvalue weighted by molar-refractivity contribution is -0.159. The lowest BCUT2D eigenvalue weighted by Gasteiger charge is -2.27. The van der Waals surface area contributed by atoms with Crippen LogP contribution in [0.25, 0.3) is 0 Å². The van der Waals surface area contributed by atoms with Gasteiger partial charge in [-0.05, 0) is 62.0 Å². The molecule has 0 radical (unpaired) electrons. The van der Waals surface area contributed by atoms with E-state index in [1.165, 1.54) is 43.6 Å². The molecule has 2 saturated heterocycles. The molecule has 6 heteroatoms. The minimum atomic E-state index is -0.193. The third-order valence-corrected chi connectivity index (χ3v) is 7.51. The first-order valence-electron chi connectivity index (χ1n) is 9.51. The van der Waals surface area contributed by atoms with E-state index in [1.807, 2.05) is 11.8 Å². The van der Waals surface area contributed by atoms with Crippen molar-refractivity contribution < 1.29 is 14.7 Å². The third kappa shape index (κ3) is 6.81. The fourth-order valence-corrected chi connectivity index (χ4v) is 6.24. The van der Waals surface area contributed by atoms with E-state index >= 15 is 0 Å². The molecule has 0 spiro atoms. The Morgan fingerprint density at radius 2 is 1.80 bits per heavy atom. The monoisotopic (exact) mass is 387 g/mol. The molecule has 4 atom stereocenters. The van der Waals surface area contributed by atoms with Crippen molar-refractivity contribution in [3.8, 4) is 0 Å². The number of carbonyl (C=O) groups is 1. The Morgan fingerprint density at radius 1 is 1.16 bits per heavy atom. The van der Waals surface area contributed by atoms with Crippen molar-refractivity contribution in [2.45, 2.75) is 57.7 Å². The molecule has 2 aliphatic heterocycles. The first-order chi connectivity index (χ1) is 12.1. The number of amides is 1. The molecule has 0 unspecified atom stereocenters. The smallest absolute Gasteiger partial charge is 0.245 e. The van der Waals surface area contributed by atoms with Gasteiger partial charge in [0.15, 0.2) is 0 Å². The molecule has 0 aromatic carbocycles. The van der Waals surface area contributed by atoms with Gasteiger partial charge in [0, 0.05) is 25.3 Å². The van der Waals surface area contributed by atoms with Crippen LogP contribution in [0.3, 0.4) is 0 Å². The molecule has 2 bridgehead atoms. The summed E-state index contributed by atoms with van der Waals surface area (Å²) in [5.74, 6) is 5.98. The number of rotatable bonds is 12. The maximum atomic E-state index is 11.3. The highest BCUT2D eigenvalue weighted by Crippen LogP contribution is 2.46. The molecule has 4 nitrogen and oxygen atoms in total. The SMILES string of the molecule is CC=CCCSC[C@@H]1[C@H](CSCCCCC(=O)N(C)O)[C@@H]2CC[C@H]1O2. The second-order valence-electron chi connectivity index (χ2n) is 7.00. The Morgan fingerprint density at radius 3 is 2.40 bits per heavy atom. The van der Waals surface area contributed by atoms with Crippen LogP contribution in [-0.4, -0.2) is 58.4 Å². The lowest BCUT2D eigenvalue weighted by atomic mass is 9.81. The highest BCUT2D eigenvalue weighted by atomic mass is 32.2. The van der Waals surface area contributed by atoms with Crippen LogP contribution < -0.4 is 0 Å². The van der Waals surface area contributed by atoms with Crippen LogP contribution in [0, 0.1) is 11.8 Å². The molecule has 2 heterocycles. The number of nitrogens with zero attached hydrogens (tertiary/aromatic N) is 1. The van der Waals surface area contributed by atoms with Crippen LogP contribution in [0.5, 0.6) is 0 Å². The van der Waals surface area contributed by atoms with Gasteiger partial charge in [-0.25, -0.2) is 5.06 Å². The number of hydrogen-bond donors (Lipinski definition) is 1. The van der Waals surface area contributed by atoms with E-state index < -0.39 is 0 Å². The zero-order valence-corrected chi connectivity index (χ0v) is 17.2. The number of fused-ring (bicyclic) bond motifs is 2. The van der Waals surface area contributed by atoms with E-state index in [0.717, 1.165) is 24.5 Å². The highest BCUT2D eigenvalue weighted by molar-refractivity contribution is 7.99. The van der Waals surface area contributed by atoms with Crippen molar-refractivity contribution in [3.63, 3.8) is 0 Å². The first-order valence-corrected chi connectivity index (χ1v) is 11.8. The topological polar surface area (TPSA) is 49.8 Å². The Bertz CT molecular complexity index is 431. The van der Waals surface area contributed by atoms with Crippen molar-refractivity contribution in [2.75, 3.05) is 30.1 Å². The van der Waals surface area contributed by atoms with Gasteiger partial charge < -0.3 is 4.74 Å². The van der Waals surface area contributed by atoms with Crippen molar-refractivity contribution in [3.05, 3.63) is 12.2 Å². The molecule has 1 amide bonds. The number of hydrogen-bond acceptors (Lipinski definition) is 5. The van der Waals surface area contributed by atoms with Crippen molar-refractivity contribution in [1.82, 2.24) is 5.06 Å². The van der Waals surface area contributed by atoms with Crippen LogP contribution in [0.15, 0.2) is 12.2 Å². The second-order valence-corrected chi connectivity index (χ2v) is 9.30. The van der Waals surface area contributed by atoms with Gasteiger partial charge in [0.1, 0.15) is 0 Å². The van der Waals surface area contributed by atoms with Crippen LogP contribution in [0.2, 0.25) is 0 Å². The van der Waals surface area contributed by atoms with Gasteiger partial charge in [-0.15, -0.1) is 0 Å². The lowest BCUT2D eigenvalue weighted by Crippen LogP contribution is -2.31. The fourth-order valence-electron chi connectivity index (χ4n) is 3.73. The van der Waals surface area contributed by atoms with Gasteiger partial charge in [-0.1, -0.05) is 12.2 Å². The van der Waals surface area contributed by atoms with E-state index in [2.05, 4.69) is 30.8 Å². The summed E-state index contributed by atoms with van der Waals surface area (Å²) in [6.45, 7) is 2.08. The number of ether oxygens (including phenoxy) is 1. The minimum Gasteiger partial charge on any atom is -0.374 e. The Hall–Kier alpha value is -0.170. The summed E-state index contributed by atoms with van der Waals surface area (Å²) >= 11 is 4.09. The summed E-state index contributed by atoms with van der Waals surface area (Å²) < 4.78 is 6.19. The zero-order valence-electron chi connectivity index (χ0n) is 15.6. The van der Waals surface area contributed by atoms with Crippen LogP contribution in [0.1, 0.15) is 45.4 Å². The van der Waals surface area contributed by atoms with E-state index in [1.54, 1.807) is 0 Å². The molecular weight excluding hydrogens is 354 g/mol. The van der Waals surface area contributed by atoms with Crippen molar-refractivity contribution >= 4 is 29.4 Å². The van der Waals surface area contributed by atoms with Gasteiger partial charge in [0.2, 0.25) is 5.91 Å². The first kappa shape index (κ1) is 21.1. The summed E-state index contributed by atoms with van der Waals surface area (Å²) in [4.78, 5) is 11.3. The molecule has 2 fully saturated rings. The molecule has 0 aromatic heterocycles. The minimum absolute atomic E-state index is 0.193. The molecule has 25 heavy (non-hydrogen) atoms. The number of allylic oxidation sites excluding steroid dienone is 2. The Kier molecular flexibility index (Phi) is 9.74. The largest absolute Gasteiger partial charge is 0.374 e.